The average Bonchev–Trinajstić information content (AvgIpc) is 2.56. The van der Waals surface area contributed by atoms with Gasteiger partial charge in [0.15, 0.2) is 0 Å². The fourth-order valence-electron chi connectivity index (χ4n) is 2.38. The number of rotatable bonds is 4. The maximum atomic E-state index is 12.5. The highest BCUT2D eigenvalue weighted by atomic mass is 32.2. The fraction of sp³-hybridized carbons (Fsp3) is 0.0625. The van der Waals surface area contributed by atoms with Gasteiger partial charge in [0.2, 0.25) is 5.52 Å². The molecule has 1 N–H and O–H groups in total. The Morgan fingerprint density at radius 1 is 1.08 bits per heavy atom. The van der Waals surface area contributed by atoms with Crippen LogP contribution in [-0.4, -0.2) is 18.3 Å². The van der Waals surface area contributed by atoms with Crippen molar-refractivity contribution in [2.45, 2.75) is 11.8 Å². The minimum Gasteiger partial charge on any atom is -0.358 e. The van der Waals surface area contributed by atoms with Crippen molar-refractivity contribution in [1.82, 2.24) is 4.98 Å². The van der Waals surface area contributed by atoms with Gasteiger partial charge in [-0.15, -0.1) is 0 Å². The second-order valence-electron chi connectivity index (χ2n) is 5.17. The van der Waals surface area contributed by atoms with E-state index in [-0.39, 0.29) is 21.9 Å². The molecule has 1 aromatic heterocycles. The van der Waals surface area contributed by atoms with E-state index in [9.17, 15) is 18.5 Å². The molecule has 0 unspecified atom stereocenters. The minimum absolute atomic E-state index is 0.101. The van der Waals surface area contributed by atoms with Gasteiger partial charge in [0.25, 0.3) is 10.0 Å². The van der Waals surface area contributed by atoms with Gasteiger partial charge in [0.1, 0.15) is 5.69 Å². The Hall–Kier alpha value is -3.00. The molecular weight excluding hydrogens is 330 g/mol. The molecule has 122 valence electrons. The van der Waals surface area contributed by atoms with Crippen LogP contribution in [0, 0.1) is 17.0 Å². The second kappa shape index (κ2) is 5.89. The fourth-order valence-corrected chi connectivity index (χ4v) is 3.47. The Bertz CT molecular complexity index is 1030. The number of sulfonamides is 1. The van der Waals surface area contributed by atoms with E-state index in [1.165, 1.54) is 24.3 Å². The van der Waals surface area contributed by atoms with Crippen molar-refractivity contribution in [3.05, 3.63) is 70.3 Å². The second-order valence-corrected chi connectivity index (χ2v) is 6.86. The monoisotopic (exact) mass is 343 g/mol. The van der Waals surface area contributed by atoms with E-state index < -0.39 is 14.9 Å². The van der Waals surface area contributed by atoms with Crippen LogP contribution in [0.3, 0.4) is 0 Å². The van der Waals surface area contributed by atoms with Crippen LogP contribution in [0.1, 0.15) is 5.56 Å². The molecule has 2 aromatic carbocycles. The van der Waals surface area contributed by atoms with Gasteiger partial charge in [-0.05, 0) is 40.6 Å². The lowest BCUT2D eigenvalue weighted by molar-refractivity contribution is -0.389. The summed E-state index contributed by atoms with van der Waals surface area (Å²) >= 11 is 0. The van der Waals surface area contributed by atoms with Crippen molar-refractivity contribution in [3.63, 3.8) is 0 Å². The number of aryl methyl sites for hydroxylation is 1. The van der Waals surface area contributed by atoms with E-state index in [1.807, 2.05) is 0 Å². The molecule has 0 aliphatic rings. The molecule has 0 aliphatic carbocycles. The summed E-state index contributed by atoms with van der Waals surface area (Å²) in [6.45, 7) is 1.71. The number of fused-ring (bicyclic) bond motifs is 1. The van der Waals surface area contributed by atoms with Crippen LogP contribution in [-0.2, 0) is 10.0 Å². The van der Waals surface area contributed by atoms with Crippen LogP contribution < -0.4 is 4.72 Å². The van der Waals surface area contributed by atoms with E-state index in [0.29, 0.717) is 10.9 Å². The van der Waals surface area contributed by atoms with Gasteiger partial charge in [0.05, 0.1) is 4.90 Å². The quantitative estimate of drug-likeness (QED) is 0.578. The Morgan fingerprint density at radius 2 is 1.79 bits per heavy atom. The number of nitrogens with one attached hydrogen (secondary N) is 1. The van der Waals surface area contributed by atoms with E-state index >= 15 is 0 Å². The molecule has 0 amide bonds. The first-order chi connectivity index (χ1) is 11.4. The molecule has 7 nitrogen and oxygen atoms in total. The molecule has 8 heteroatoms. The number of aromatic nitrogens is 1. The van der Waals surface area contributed by atoms with E-state index in [0.717, 1.165) is 0 Å². The molecule has 0 atom stereocenters. The molecule has 0 aliphatic heterocycles. The summed E-state index contributed by atoms with van der Waals surface area (Å²) in [7, 11) is -3.81. The first kappa shape index (κ1) is 15.9. The summed E-state index contributed by atoms with van der Waals surface area (Å²) in [5.74, 6) is -0.327. The van der Waals surface area contributed by atoms with Gasteiger partial charge in [0, 0.05) is 11.5 Å². The molecular formula is C16H13N3O4S. The topological polar surface area (TPSA) is 102 Å². The lowest BCUT2D eigenvalue weighted by Crippen LogP contribution is -2.13. The third kappa shape index (κ3) is 2.91. The molecule has 1 heterocycles. The molecule has 24 heavy (non-hydrogen) atoms. The minimum atomic E-state index is -3.81. The predicted octanol–water partition coefficient (Wildman–Crippen LogP) is 3.25. The third-order valence-corrected chi connectivity index (χ3v) is 4.90. The van der Waals surface area contributed by atoms with Gasteiger partial charge in [-0.3, -0.25) is 4.72 Å². The zero-order chi connectivity index (χ0) is 17.3. The summed E-state index contributed by atoms with van der Waals surface area (Å²) < 4.78 is 27.4. The van der Waals surface area contributed by atoms with E-state index in [1.54, 1.807) is 37.3 Å². The smallest absolute Gasteiger partial charge is 0.358 e. The van der Waals surface area contributed by atoms with Crippen LogP contribution in [0.25, 0.3) is 10.9 Å². The zero-order valence-corrected chi connectivity index (χ0v) is 13.4. The van der Waals surface area contributed by atoms with Crippen LogP contribution in [0.15, 0.2) is 59.5 Å². The van der Waals surface area contributed by atoms with Crippen LogP contribution in [0.4, 0.5) is 11.5 Å². The van der Waals surface area contributed by atoms with Gasteiger partial charge >= 0.3 is 5.82 Å². The number of benzene rings is 2. The molecule has 0 bridgehead atoms. The zero-order valence-electron chi connectivity index (χ0n) is 12.6. The Kier molecular flexibility index (Phi) is 3.90. The number of anilines is 1. The highest BCUT2D eigenvalue weighted by Gasteiger charge is 2.20. The van der Waals surface area contributed by atoms with Crippen molar-refractivity contribution in [2.24, 2.45) is 0 Å². The van der Waals surface area contributed by atoms with Gasteiger partial charge in [-0.2, -0.15) is 0 Å². The first-order valence-electron chi connectivity index (χ1n) is 7.01. The highest BCUT2D eigenvalue weighted by molar-refractivity contribution is 7.92. The Balaban J connectivity index is 2.15. The number of nitrogens with zero attached hydrogens (tertiary/aromatic N) is 2. The lowest BCUT2D eigenvalue weighted by Gasteiger charge is -2.09. The number of nitro groups is 1. The van der Waals surface area contributed by atoms with Gasteiger partial charge in [-0.25, -0.2) is 8.42 Å². The van der Waals surface area contributed by atoms with Crippen LogP contribution in [0.2, 0.25) is 0 Å². The van der Waals surface area contributed by atoms with Gasteiger partial charge in [-0.1, -0.05) is 30.3 Å². The highest BCUT2D eigenvalue weighted by Crippen LogP contribution is 2.28. The predicted molar refractivity (Wildman–Crippen MR) is 90.4 cm³/mol. The molecule has 0 spiro atoms. The van der Waals surface area contributed by atoms with Crippen molar-refractivity contribution in [3.8, 4) is 0 Å². The van der Waals surface area contributed by atoms with Crippen molar-refractivity contribution in [2.75, 3.05) is 4.72 Å². The average molecular weight is 343 g/mol. The maximum Gasteiger partial charge on any atom is 0.364 e. The summed E-state index contributed by atoms with van der Waals surface area (Å²) in [4.78, 5) is 14.5. The van der Waals surface area contributed by atoms with Crippen LogP contribution in [0.5, 0.6) is 0 Å². The van der Waals surface area contributed by atoms with Gasteiger partial charge < -0.3 is 10.1 Å². The van der Waals surface area contributed by atoms with Crippen LogP contribution >= 0.6 is 0 Å². The van der Waals surface area contributed by atoms with E-state index in [2.05, 4.69) is 9.71 Å². The molecule has 3 aromatic rings. The molecule has 0 radical (unpaired) electrons. The van der Waals surface area contributed by atoms with Crippen molar-refractivity contribution >= 4 is 32.4 Å². The number of hydrogen-bond acceptors (Lipinski definition) is 5. The number of hydrogen-bond donors (Lipinski definition) is 1. The van der Waals surface area contributed by atoms with Crippen molar-refractivity contribution in [1.29, 1.82) is 0 Å². The summed E-state index contributed by atoms with van der Waals surface area (Å²) in [5, 5.41) is 11.7. The summed E-state index contributed by atoms with van der Waals surface area (Å²) in [6.07, 6.45) is 0. The third-order valence-electron chi connectivity index (χ3n) is 3.52. The Labute approximate surface area is 138 Å². The normalized spacial score (nSPS) is 11.4. The van der Waals surface area contributed by atoms with E-state index in [4.69, 9.17) is 0 Å². The number of para-hydroxylation sites is 1. The van der Waals surface area contributed by atoms with Crippen molar-refractivity contribution < 1.29 is 13.3 Å². The molecule has 0 saturated carbocycles. The number of pyridine rings is 1. The SMILES string of the molecule is Cc1cc([N+](=O)[O-])nc2c(NS(=O)(=O)c3ccccc3)cccc12. The largest absolute Gasteiger partial charge is 0.364 e. The Morgan fingerprint density at radius 3 is 2.46 bits per heavy atom. The summed E-state index contributed by atoms with van der Waals surface area (Å²) in [5.41, 5.74) is 1.08. The standard InChI is InChI=1S/C16H13N3O4S/c1-11-10-15(19(20)21)17-16-13(11)8-5-9-14(16)18-24(22,23)12-6-3-2-4-7-12/h2-10,18H,1H3. The summed E-state index contributed by atoms with van der Waals surface area (Å²) in [6, 6.07) is 14.2. The maximum absolute atomic E-state index is 12.5. The molecule has 0 fully saturated rings. The lowest BCUT2D eigenvalue weighted by atomic mass is 10.1. The first-order valence-corrected chi connectivity index (χ1v) is 8.49. The molecule has 0 saturated heterocycles. The molecule has 3 rings (SSSR count).